The van der Waals surface area contributed by atoms with E-state index in [0.29, 0.717) is 74.8 Å². The fourth-order valence-electron chi connectivity index (χ4n) is 5.24. The van der Waals surface area contributed by atoms with Crippen LogP contribution in [0.2, 0.25) is 0 Å². The smallest absolute Gasteiger partial charge is 0.289 e. The number of amidine groups is 1. The number of aromatic nitrogens is 2. The van der Waals surface area contributed by atoms with E-state index in [9.17, 15) is 4.79 Å². The van der Waals surface area contributed by atoms with Crippen LogP contribution >= 0.6 is 0 Å². The first-order valence-corrected chi connectivity index (χ1v) is 13.6. The van der Waals surface area contributed by atoms with Crippen molar-refractivity contribution in [3.8, 4) is 22.6 Å². The van der Waals surface area contributed by atoms with E-state index in [4.69, 9.17) is 18.9 Å². The van der Waals surface area contributed by atoms with E-state index in [1.165, 1.54) is 6.20 Å². The number of hydrogen-bond donors (Lipinski definition) is 2. The van der Waals surface area contributed by atoms with E-state index in [1.807, 2.05) is 12.1 Å². The number of anilines is 1. The molecule has 4 aromatic rings. The van der Waals surface area contributed by atoms with Crippen LogP contribution in [-0.2, 0) is 14.2 Å². The van der Waals surface area contributed by atoms with Gasteiger partial charge in [0, 0.05) is 54.4 Å². The second-order valence-electron chi connectivity index (χ2n) is 10.6. The molecule has 5 heterocycles. The molecule has 0 saturated carbocycles. The van der Waals surface area contributed by atoms with Crippen LogP contribution in [0.4, 0.5) is 14.5 Å². The van der Waals surface area contributed by atoms with E-state index in [1.54, 1.807) is 29.3 Å². The molecule has 2 N–H and O–H groups in total. The molecule has 10 nitrogen and oxygen atoms in total. The normalized spacial score (nSPS) is 17.9. The van der Waals surface area contributed by atoms with Crippen LogP contribution in [0.5, 0.6) is 11.5 Å². The van der Waals surface area contributed by atoms with Crippen LogP contribution in [-0.4, -0.2) is 79.5 Å². The summed E-state index contributed by atoms with van der Waals surface area (Å²) in [5.74, 6) is -2.19. The molecule has 2 aromatic carbocycles. The number of benzene rings is 2. The lowest BCUT2D eigenvalue weighted by Crippen LogP contribution is -2.51. The van der Waals surface area contributed by atoms with E-state index in [-0.39, 0.29) is 28.8 Å². The van der Waals surface area contributed by atoms with Gasteiger partial charge in [-0.25, -0.2) is 18.8 Å². The lowest BCUT2D eigenvalue weighted by atomic mass is 9.87. The second kappa shape index (κ2) is 10.7. The van der Waals surface area contributed by atoms with Gasteiger partial charge in [-0.1, -0.05) is 12.1 Å². The van der Waals surface area contributed by atoms with Gasteiger partial charge in [-0.3, -0.25) is 4.79 Å². The molecule has 3 aliphatic heterocycles. The molecular weight excluding hydrogens is 548 g/mol. The van der Waals surface area contributed by atoms with Crippen LogP contribution in [0, 0.1) is 17.0 Å². The van der Waals surface area contributed by atoms with Crippen molar-refractivity contribution in [2.24, 2.45) is 10.4 Å². The number of fused-ring (bicyclic) bond motifs is 1. The summed E-state index contributed by atoms with van der Waals surface area (Å²) in [5.41, 5.74) is 2.58. The fourth-order valence-corrected chi connectivity index (χ4v) is 5.24. The molecule has 12 heteroatoms. The van der Waals surface area contributed by atoms with Crippen molar-refractivity contribution in [1.82, 2.24) is 14.9 Å². The summed E-state index contributed by atoms with van der Waals surface area (Å²) in [6, 6.07) is 11.2. The number of carbonyl (C=O) groups excluding carboxylic acids is 1. The van der Waals surface area contributed by atoms with Gasteiger partial charge in [-0.15, -0.1) is 0 Å². The number of halogens is 2. The molecule has 0 unspecified atom stereocenters. The van der Waals surface area contributed by atoms with Gasteiger partial charge in [-0.05, 0) is 23.8 Å². The van der Waals surface area contributed by atoms with Gasteiger partial charge in [-0.2, -0.15) is 0 Å². The zero-order valence-electron chi connectivity index (χ0n) is 22.5. The molecule has 2 aromatic heterocycles. The Kier molecular flexibility index (Phi) is 6.71. The SMILES string of the molecule is O=C(c1ccc(-c2c[nH]c3nccc(Oc4c(F)cc(NC5=NCC6(COC6)CO5)cc4F)c23)cc1)N1CCOCC1. The number of rotatable bonds is 5. The van der Waals surface area contributed by atoms with Crippen molar-refractivity contribution in [1.29, 1.82) is 0 Å². The molecule has 2 fully saturated rings. The Morgan fingerprint density at radius 1 is 1.02 bits per heavy atom. The highest BCUT2D eigenvalue weighted by Gasteiger charge is 2.42. The number of aliphatic imine (C=N–C) groups is 1. The lowest BCUT2D eigenvalue weighted by Gasteiger charge is -2.41. The minimum Gasteiger partial charge on any atom is -0.464 e. The summed E-state index contributed by atoms with van der Waals surface area (Å²) in [5, 5.41) is 3.38. The molecule has 0 aliphatic carbocycles. The van der Waals surface area contributed by atoms with Crippen LogP contribution in [0.1, 0.15) is 10.4 Å². The molecule has 7 rings (SSSR count). The summed E-state index contributed by atoms with van der Waals surface area (Å²) >= 11 is 0. The second-order valence-corrected chi connectivity index (χ2v) is 10.6. The lowest BCUT2D eigenvalue weighted by molar-refractivity contribution is -0.132. The average Bonchev–Trinajstić information content (AvgIpc) is 3.44. The van der Waals surface area contributed by atoms with Gasteiger partial charge in [0.1, 0.15) is 18.0 Å². The monoisotopic (exact) mass is 575 g/mol. The largest absolute Gasteiger partial charge is 0.464 e. The molecule has 0 bridgehead atoms. The number of nitrogens with zero attached hydrogens (tertiary/aromatic N) is 3. The number of morpholine rings is 1. The summed E-state index contributed by atoms with van der Waals surface area (Å²) in [4.78, 5) is 26.4. The minimum absolute atomic E-state index is 0.0580. The van der Waals surface area contributed by atoms with E-state index >= 15 is 8.78 Å². The molecule has 0 radical (unpaired) electrons. The third-order valence-corrected chi connectivity index (χ3v) is 7.63. The Labute approximate surface area is 239 Å². The van der Waals surface area contributed by atoms with Crippen molar-refractivity contribution < 1.29 is 32.5 Å². The first kappa shape index (κ1) is 26.4. The average molecular weight is 576 g/mol. The summed E-state index contributed by atoms with van der Waals surface area (Å²) in [7, 11) is 0. The van der Waals surface area contributed by atoms with Gasteiger partial charge in [0.2, 0.25) is 0 Å². The molecule has 216 valence electrons. The van der Waals surface area contributed by atoms with Gasteiger partial charge in [0.15, 0.2) is 17.4 Å². The van der Waals surface area contributed by atoms with Crippen LogP contribution in [0.15, 0.2) is 59.9 Å². The Morgan fingerprint density at radius 3 is 2.45 bits per heavy atom. The van der Waals surface area contributed by atoms with Crippen LogP contribution in [0.3, 0.4) is 0 Å². The molecule has 3 aliphatic rings. The zero-order chi connectivity index (χ0) is 28.7. The number of H-pyrrole nitrogens is 1. The topological polar surface area (TPSA) is 110 Å². The van der Waals surface area contributed by atoms with Crippen molar-refractivity contribution in [2.45, 2.75) is 0 Å². The Morgan fingerprint density at radius 2 is 1.79 bits per heavy atom. The number of ether oxygens (including phenoxy) is 4. The Bertz CT molecular complexity index is 1660. The number of aromatic amines is 1. The number of pyridine rings is 1. The number of carbonyl (C=O) groups is 1. The number of hydrogen-bond acceptors (Lipinski definition) is 8. The first-order valence-electron chi connectivity index (χ1n) is 13.6. The van der Waals surface area contributed by atoms with Crippen LogP contribution < -0.4 is 10.1 Å². The molecule has 2 saturated heterocycles. The highest BCUT2D eigenvalue weighted by Crippen LogP contribution is 2.39. The van der Waals surface area contributed by atoms with E-state index in [2.05, 4.69) is 20.3 Å². The Hall–Kier alpha value is -4.55. The van der Waals surface area contributed by atoms with Crippen molar-refractivity contribution in [3.63, 3.8) is 0 Å². The molecule has 1 amide bonds. The molecule has 0 atom stereocenters. The zero-order valence-corrected chi connectivity index (χ0v) is 22.5. The van der Waals surface area contributed by atoms with Gasteiger partial charge >= 0.3 is 0 Å². The maximum Gasteiger partial charge on any atom is 0.289 e. The third kappa shape index (κ3) is 4.92. The van der Waals surface area contributed by atoms with Crippen molar-refractivity contribution >= 4 is 28.6 Å². The molecular formula is C30H27F2N5O5. The van der Waals surface area contributed by atoms with Gasteiger partial charge < -0.3 is 34.1 Å². The maximum atomic E-state index is 15.2. The maximum absolute atomic E-state index is 15.2. The van der Waals surface area contributed by atoms with Crippen molar-refractivity contribution in [3.05, 3.63) is 72.1 Å². The van der Waals surface area contributed by atoms with E-state index in [0.717, 1.165) is 17.7 Å². The van der Waals surface area contributed by atoms with Gasteiger partial charge in [0.25, 0.3) is 11.9 Å². The predicted octanol–water partition coefficient (Wildman–Crippen LogP) is 4.59. The quantitative estimate of drug-likeness (QED) is 0.358. The standard InChI is InChI=1S/C30H27F2N5O5/c31-22-11-20(36-29-35-14-30(17-41-29)15-40-16-30)12-23(32)26(22)42-24-5-6-33-27-25(24)21(13-34-27)18-1-3-19(4-2-18)28(38)37-7-9-39-10-8-37/h1-6,11-13H,7-10,14-17H2,(H,33,34)(H,35,36). The Balaban J connectivity index is 1.12. The fraction of sp³-hybridized carbons (Fsp3) is 0.300. The summed E-state index contributed by atoms with van der Waals surface area (Å²) in [6.45, 7) is 4.28. The first-order chi connectivity index (χ1) is 20.5. The number of nitrogens with one attached hydrogen (secondary N) is 2. The molecule has 42 heavy (non-hydrogen) atoms. The highest BCUT2D eigenvalue weighted by atomic mass is 19.1. The highest BCUT2D eigenvalue weighted by molar-refractivity contribution is 5.99. The van der Waals surface area contributed by atoms with Crippen LogP contribution in [0.25, 0.3) is 22.2 Å². The number of amides is 1. The van der Waals surface area contributed by atoms with Crippen molar-refractivity contribution in [2.75, 3.05) is 58.0 Å². The predicted molar refractivity (Wildman–Crippen MR) is 150 cm³/mol. The van der Waals surface area contributed by atoms with Gasteiger partial charge in [0.05, 0.1) is 43.8 Å². The minimum atomic E-state index is -0.897. The third-order valence-electron chi connectivity index (χ3n) is 7.63. The summed E-state index contributed by atoms with van der Waals surface area (Å²) < 4.78 is 52.4. The molecule has 1 spiro atoms. The van der Waals surface area contributed by atoms with E-state index < -0.39 is 17.4 Å². The summed E-state index contributed by atoms with van der Waals surface area (Å²) in [6.07, 6.45) is 3.24.